The van der Waals surface area contributed by atoms with Gasteiger partial charge in [0, 0.05) is 48.3 Å². The minimum atomic E-state index is -1.52. The molecule has 1 atom stereocenters. The maximum atomic E-state index is 13.4. The third-order valence-corrected chi connectivity index (χ3v) is 8.28. The summed E-state index contributed by atoms with van der Waals surface area (Å²) in [4.78, 5) is 17.7. The summed E-state index contributed by atoms with van der Waals surface area (Å²) in [5.74, 6) is -3.54. The summed E-state index contributed by atoms with van der Waals surface area (Å²) in [6.07, 6.45) is 10.6. The third kappa shape index (κ3) is 5.81. The fourth-order valence-electron chi connectivity index (χ4n) is 6.11. The van der Waals surface area contributed by atoms with Gasteiger partial charge in [0.15, 0.2) is 17.5 Å². The molecule has 1 unspecified atom stereocenters. The van der Waals surface area contributed by atoms with E-state index >= 15 is 0 Å². The van der Waals surface area contributed by atoms with E-state index in [0.29, 0.717) is 25.0 Å². The minimum absolute atomic E-state index is 0.0115. The standard InChI is InChI=1S/C30H34F3N3O2/c31-25-15-19(16-26(32)30(25)33)5-10-29(38)36-13-11-21(12-14-36)28(18-37)35-22-8-6-20(7-9-22)24-17-34-27-4-2-1-3-23(24)27/h1-5,10,15-17,20-22,28,34-35,37H,6-9,11-14,18H2/b10-5+. The summed E-state index contributed by atoms with van der Waals surface area (Å²) in [6.45, 7) is 1.15. The lowest BCUT2D eigenvalue weighted by atomic mass is 9.80. The Morgan fingerprint density at radius 1 is 1.05 bits per heavy atom. The van der Waals surface area contributed by atoms with Crippen LogP contribution in [0.5, 0.6) is 0 Å². The number of rotatable bonds is 7. The Kier molecular flexibility index (Phi) is 8.19. The average Bonchev–Trinajstić information content (AvgIpc) is 3.38. The zero-order valence-electron chi connectivity index (χ0n) is 21.3. The molecule has 5 rings (SSSR count). The first-order chi connectivity index (χ1) is 18.4. The number of carbonyl (C=O) groups is 1. The number of amides is 1. The summed E-state index contributed by atoms with van der Waals surface area (Å²) in [5.41, 5.74) is 2.67. The third-order valence-electron chi connectivity index (χ3n) is 8.28. The Bertz CT molecular complexity index is 1270. The first-order valence-electron chi connectivity index (χ1n) is 13.5. The Labute approximate surface area is 220 Å². The zero-order chi connectivity index (χ0) is 26.6. The van der Waals surface area contributed by atoms with Gasteiger partial charge in [0.2, 0.25) is 5.91 Å². The molecule has 0 spiro atoms. The van der Waals surface area contributed by atoms with E-state index in [0.717, 1.165) is 50.7 Å². The first kappa shape index (κ1) is 26.5. The Balaban J connectivity index is 1.10. The summed E-state index contributed by atoms with van der Waals surface area (Å²) < 4.78 is 39.9. The number of aromatic amines is 1. The van der Waals surface area contributed by atoms with E-state index in [9.17, 15) is 23.1 Å². The highest BCUT2D eigenvalue weighted by atomic mass is 19.2. The van der Waals surface area contributed by atoms with Gasteiger partial charge in [-0.25, -0.2) is 13.2 Å². The van der Waals surface area contributed by atoms with Crippen LogP contribution in [0.2, 0.25) is 0 Å². The van der Waals surface area contributed by atoms with Crippen LogP contribution < -0.4 is 5.32 Å². The molecule has 0 radical (unpaired) electrons. The van der Waals surface area contributed by atoms with Gasteiger partial charge in [-0.2, -0.15) is 0 Å². The number of likely N-dealkylation sites (tertiary alicyclic amines) is 1. The largest absolute Gasteiger partial charge is 0.395 e. The number of piperidine rings is 1. The van der Waals surface area contributed by atoms with Crippen molar-refractivity contribution in [1.82, 2.24) is 15.2 Å². The molecule has 3 N–H and O–H groups in total. The number of nitrogens with zero attached hydrogens (tertiary/aromatic N) is 1. The number of nitrogens with one attached hydrogen (secondary N) is 2. The molecule has 1 aromatic heterocycles. The fourth-order valence-corrected chi connectivity index (χ4v) is 6.11. The van der Waals surface area contributed by atoms with Gasteiger partial charge in [0.05, 0.1) is 6.61 Å². The second-order valence-corrected chi connectivity index (χ2v) is 10.6. The van der Waals surface area contributed by atoms with Crippen molar-refractivity contribution in [3.05, 3.63) is 77.2 Å². The number of H-pyrrole nitrogens is 1. The topological polar surface area (TPSA) is 68.4 Å². The van der Waals surface area contributed by atoms with Gasteiger partial charge >= 0.3 is 0 Å². The van der Waals surface area contributed by atoms with Crippen LogP contribution in [-0.4, -0.2) is 52.7 Å². The SMILES string of the molecule is O=C(/C=C/c1cc(F)c(F)c(F)c1)N1CCC(C(CO)NC2CCC(c3c[nH]c4ccccc34)CC2)CC1. The molecule has 38 heavy (non-hydrogen) atoms. The maximum Gasteiger partial charge on any atom is 0.246 e. The molecule has 0 bridgehead atoms. The van der Waals surface area contributed by atoms with Crippen molar-refractivity contribution in [3.63, 3.8) is 0 Å². The molecule has 1 saturated heterocycles. The molecule has 2 aromatic carbocycles. The van der Waals surface area contributed by atoms with Crippen molar-refractivity contribution in [3.8, 4) is 0 Å². The van der Waals surface area contributed by atoms with Crippen LogP contribution in [0.1, 0.15) is 55.6 Å². The number of fused-ring (bicyclic) bond motifs is 1. The lowest BCUT2D eigenvalue weighted by Crippen LogP contribution is -2.50. The van der Waals surface area contributed by atoms with E-state index < -0.39 is 17.5 Å². The predicted molar refractivity (Wildman–Crippen MR) is 142 cm³/mol. The van der Waals surface area contributed by atoms with Gasteiger partial charge in [0.1, 0.15) is 0 Å². The molecular formula is C30H34F3N3O2. The van der Waals surface area contributed by atoms with Crippen LogP contribution in [0, 0.1) is 23.4 Å². The zero-order valence-corrected chi connectivity index (χ0v) is 21.3. The quantitative estimate of drug-likeness (QED) is 0.281. The van der Waals surface area contributed by atoms with E-state index in [2.05, 4.69) is 34.7 Å². The predicted octanol–water partition coefficient (Wildman–Crippen LogP) is 5.51. The molecule has 1 saturated carbocycles. The Morgan fingerprint density at radius 2 is 1.74 bits per heavy atom. The second-order valence-electron chi connectivity index (χ2n) is 10.6. The minimum Gasteiger partial charge on any atom is -0.395 e. The number of aliphatic hydroxyl groups is 1. The van der Waals surface area contributed by atoms with Crippen LogP contribution >= 0.6 is 0 Å². The summed E-state index contributed by atoms with van der Waals surface area (Å²) >= 11 is 0. The molecule has 8 heteroatoms. The smallest absolute Gasteiger partial charge is 0.246 e. The van der Waals surface area contributed by atoms with Gasteiger partial charge in [-0.3, -0.25) is 4.79 Å². The van der Waals surface area contributed by atoms with Crippen LogP contribution in [0.25, 0.3) is 17.0 Å². The number of aliphatic hydroxyl groups excluding tert-OH is 1. The summed E-state index contributed by atoms with van der Waals surface area (Å²) in [6, 6.07) is 10.5. The van der Waals surface area contributed by atoms with Crippen LogP contribution in [0.4, 0.5) is 13.2 Å². The number of benzene rings is 2. The lowest BCUT2D eigenvalue weighted by Gasteiger charge is -2.38. The number of aromatic nitrogens is 1. The van der Waals surface area contributed by atoms with Crippen molar-refractivity contribution >= 4 is 22.9 Å². The number of hydrogen-bond acceptors (Lipinski definition) is 3. The van der Waals surface area contributed by atoms with Crippen molar-refractivity contribution in [1.29, 1.82) is 0 Å². The number of carbonyl (C=O) groups excluding carboxylic acids is 1. The molecule has 3 aromatic rings. The average molecular weight is 526 g/mol. The Hall–Kier alpha value is -3.10. The second kappa shape index (κ2) is 11.7. The normalized spacial score (nSPS) is 21.8. The molecule has 2 fully saturated rings. The van der Waals surface area contributed by atoms with E-state index in [1.807, 2.05) is 6.07 Å². The van der Waals surface area contributed by atoms with Crippen LogP contribution in [-0.2, 0) is 4.79 Å². The molecule has 2 aliphatic rings. The molecule has 1 aliphatic carbocycles. The summed E-state index contributed by atoms with van der Waals surface area (Å²) in [5, 5.41) is 15.2. The molecule has 202 valence electrons. The van der Waals surface area contributed by atoms with Gasteiger partial charge < -0.3 is 20.3 Å². The monoisotopic (exact) mass is 525 g/mol. The molecule has 5 nitrogen and oxygen atoms in total. The van der Waals surface area contributed by atoms with E-state index in [-0.39, 0.29) is 30.0 Å². The summed E-state index contributed by atoms with van der Waals surface area (Å²) in [7, 11) is 0. The molecule has 1 aliphatic heterocycles. The number of hydrogen-bond donors (Lipinski definition) is 3. The van der Waals surface area contributed by atoms with Gasteiger partial charge in [-0.1, -0.05) is 18.2 Å². The number of para-hydroxylation sites is 1. The Morgan fingerprint density at radius 3 is 2.42 bits per heavy atom. The van der Waals surface area contributed by atoms with Crippen molar-refractivity contribution in [2.45, 2.75) is 56.5 Å². The highest BCUT2D eigenvalue weighted by molar-refractivity contribution is 5.91. The van der Waals surface area contributed by atoms with Gasteiger partial charge in [0.25, 0.3) is 0 Å². The van der Waals surface area contributed by atoms with Crippen molar-refractivity contribution < 1.29 is 23.1 Å². The molecule has 2 heterocycles. The van der Waals surface area contributed by atoms with Gasteiger partial charge in [-0.05, 0) is 85.8 Å². The van der Waals surface area contributed by atoms with E-state index in [4.69, 9.17) is 0 Å². The highest BCUT2D eigenvalue weighted by Gasteiger charge is 2.31. The lowest BCUT2D eigenvalue weighted by molar-refractivity contribution is -0.127. The van der Waals surface area contributed by atoms with Crippen LogP contribution in [0.15, 0.2) is 48.7 Å². The molecule has 1 amide bonds. The molecular weight excluding hydrogens is 491 g/mol. The van der Waals surface area contributed by atoms with E-state index in [1.54, 1.807) is 4.90 Å². The number of halogens is 3. The van der Waals surface area contributed by atoms with Crippen molar-refractivity contribution in [2.24, 2.45) is 5.92 Å². The highest BCUT2D eigenvalue weighted by Crippen LogP contribution is 2.37. The van der Waals surface area contributed by atoms with Crippen LogP contribution in [0.3, 0.4) is 0 Å². The maximum absolute atomic E-state index is 13.4. The van der Waals surface area contributed by atoms with Crippen molar-refractivity contribution in [2.75, 3.05) is 19.7 Å². The van der Waals surface area contributed by atoms with E-state index in [1.165, 1.54) is 28.6 Å². The van der Waals surface area contributed by atoms with Gasteiger partial charge in [-0.15, -0.1) is 0 Å². The fraction of sp³-hybridized carbons (Fsp3) is 0.433. The first-order valence-corrected chi connectivity index (χ1v) is 13.5.